The van der Waals surface area contributed by atoms with Gasteiger partial charge in [-0.2, -0.15) is 13.9 Å². The topological polar surface area (TPSA) is 36.4 Å². The van der Waals surface area contributed by atoms with Crippen molar-refractivity contribution in [3.05, 3.63) is 35.9 Å². The van der Waals surface area contributed by atoms with Gasteiger partial charge in [-0.15, -0.1) is 0 Å². The molecule has 4 rings (SSSR count). The first-order chi connectivity index (χ1) is 11.9. The van der Waals surface area contributed by atoms with E-state index in [4.69, 9.17) is 12.2 Å². The maximum Gasteiger partial charge on any atom is 0.288 e. The number of hydrogen-bond donors (Lipinski definition) is 2. The molecule has 0 saturated heterocycles. The number of fused-ring (bicyclic) bond motifs is 1. The van der Waals surface area contributed by atoms with Crippen molar-refractivity contribution in [1.29, 1.82) is 0 Å². The van der Waals surface area contributed by atoms with Crippen LogP contribution in [0.4, 0.5) is 14.5 Å². The summed E-state index contributed by atoms with van der Waals surface area (Å²) >= 11 is 5.73. The number of thioether (sulfide) groups is 1. The van der Waals surface area contributed by atoms with Crippen molar-refractivity contribution in [2.75, 3.05) is 5.32 Å². The van der Waals surface area contributed by atoms with Gasteiger partial charge in [-0.1, -0.05) is 31.7 Å². The fourth-order valence-electron chi connectivity index (χ4n) is 3.59. The molecule has 1 aromatic carbocycles. The van der Waals surface area contributed by atoms with Crippen LogP contribution in [0.1, 0.15) is 26.7 Å². The van der Waals surface area contributed by atoms with Gasteiger partial charge >= 0.3 is 0 Å². The Bertz CT molecular complexity index is 699. The summed E-state index contributed by atoms with van der Waals surface area (Å²) < 4.78 is 24.6. The molecule has 0 heterocycles. The summed E-state index contributed by atoms with van der Waals surface area (Å²) in [6.45, 7) is 4.64. The van der Waals surface area contributed by atoms with Crippen molar-refractivity contribution in [2.45, 2.75) is 37.3 Å². The van der Waals surface area contributed by atoms with Gasteiger partial charge in [0.2, 0.25) is 0 Å². The Labute approximate surface area is 156 Å². The van der Waals surface area contributed by atoms with E-state index in [2.05, 4.69) is 35.8 Å². The quantitative estimate of drug-likeness (QED) is 0.315. The number of hydrogen-bond acceptors (Lipinski definition) is 3. The van der Waals surface area contributed by atoms with E-state index in [0.717, 1.165) is 18.0 Å². The number of halogens is 2. The summed E-state index contributed by atoms with van der Waals surface area (Å²) in [4.78, 5) is 0.517. The summed E-state index contributed by atoms with van der Waals surface area (Å²) in [5.41, 5.74) is 5.18. The smallest absolute Gasteiger partial charge is 0.288 e. The zero-order valence-corrected chi connectivity index (χ0v) is 15.8. The second-order valence-electron chi connectivity index (χ2n) is 6.97. The first-order valence-electron chi connectivity index (χ1n) is 8.21. The molecule has 2 N–H and O–H groups in total. The SMILES string of the molecule is CC1(C)[C@H]2CC=C(/C=N\NC(=S)Nc3ccc(SC(F)F)cc3)[C@@H]1C2. The Balaban J connectivity index is 1.49. The van der Waals surface area contributed by atoms with Gasteiger partial charge < -0.3 is 5.32 Å². The minimum absolute atomic E-state index is 0.368. The average molecular weight is 382 g/mol. The molecule has 3 aliphatic carbocycles. The molecule has 134 valence electrons. The van der Waals surface area contributed by atoms with Gasteiger partial charge in [0.1, 0.15) is 0 Å². The lowest BCUT2D eigenvalue weighted by Crippen LogP contribution is -2.48. The third-order valence-electron chi connectivity index (χ3n) is 5.23. The lowest BCUT2D eigenvalue weighted by molar-refractivity contribution is -0.00126. The molecule has 0 aromatic heterocycles. The van der Waals surface area contributed by atoms with E-state index in [0.29, 0.717) is 33.1 Å². The van der Waals surface area contributed by atoms with Crippen molar-refractivity contribution in [2.24, 2.45) is 22.4 Å². The van der Waals surface area contributed by atoms with Crippen LogP contribution >= 0.6 is 24.0 Å². The molecule has 0 unspecified atom stereocenters. The average Bonchev–Trinajstić information content (AvgIpc) is 2.56. The van der Waals surface area contributed by atoms with Gasteiger partial charge in [0.15, 0.2) is 5.11 Å². The van der Waals surface area contributed by atoms with E-state index in [1.54, 1.807) is 24.3 Å². The Kier molecular flexibility index (Phi) is 5.43. The molecule has 1 fully saturated rings. The first-order valence-corrected chi connectivity index (χ1v) is 9.50. The number of rotatable bonds is 5. The highest BCUT2D eigenvalue weighted by Crippen LogP contribution is 2.58. The Hall–Kier alpha value is -1.47. The van der Waals surface area contributed by atoms with E-state index in [1.807, 2.05) is 6.21 Å². The molecule has 2 atom stereocenters. The van der Waals surface area contributed by atoms with Crippen LogP contribution in [0.5, 0.6) is 0 Å². The van der Waals surface area contributed by atoms with Gasteiger partial charge in [-0.25, -0.2) is 0 Å². The van der Waals surface area contributed by atoms with Crippen molar-refractivity contribution in [1.82, 2.24) is 5.43 Å². The molecule has 2 bridgehead atoms. The summed E-state index contributed by atoms with van der Waals surface area (Å²) in [6.07, 6.45) is 6.50. The summed E-state index contributed by atoms with van der Waals surface area (Å²) in [5, 5.41) is 7.59. The third-order valence-corrected chi connectivity index (χ3v) is 6.14. The highest BCUT2D eigenvalue weighted by atomic mass is 32.2. The number of alkyl halides is 2. The molecule has 0 spiro atoms. The minimum Gasteiger partial charge on any atom is -0.331 e. The van der Waals surface area contributed by atoms with E-state index in [1.165, 1.54) is 12.0 Å². The molecule has 3 aliphatic rings. The molecular formula is C18H21F2N3S2. The molecule has 0 aliphatic heterocycles. The largest absolute Gasteiger partial charge is 0.331 e. The van der Waals surface area contributed by atoms with Gasteiger partial charge in [0, 0.05) is 10.6 Å². The van der Waals surface area contributed by atoms with Crippen LogP contribution in [-0.4, -0.2) is 17.1 Å². The molecular weight excluding hydrogens is 360 g/mol. The fourth-order valence-corrected chi connectivity index (χ4v) is 4.26. The van der Waals surface area contributed by atoms with E-state index < -0.39 is 5.76 Å². The van der Waals surface area contributed by atoms with Gasteiger partial charge in [0.05, 0.1) is 6.21 Å². The number of thiocarbonyl (C=S) groups is 1. The van der Waals surface area contributed by atoms with Crippen LogP contribution in [-0.2, 0) is 0 Å². The normalized spacial score (nSPS) is 24.0. The number of allylic oxidation sites excluding steroid dienone is 2. The number of nitrogens with one attached hydrogen (secondary N) is 2. The van der Waals surface area contributed by atoms with Crippen LogP contribution in [0.2, 0.25) is 0 Å². The number of benzene rings is 1. The lowest BCUT2D eigenvalue weighted by Gasteiger charge is -2.55. The highest BCUT2D eigenvalue weighted by molar-refractivity contribution is 7.99. The van der Waals surface area contributed by atoms with Crippen molar-refractivity contribution in [3.63, 3.8) is 0 Å². The van der Waals surface area contributed by atoms with Crippen LogP contribution in [0.25, 0.3) is 0 Å². The minimum atomic E-state index is -2.42. The van der Waals surface area contributed by atoms with Crippen molar-refractivity contribution in [3.8, 4) is 0 Å². The maximum atomic E-state index is 12.3. The van der Waals surface area contributed by atoms with E-state index in [-0.39, 0.29) is 0 Å². The zero-order chi connectivity index (χ0) is 18.0. The van der Waals surface area contributed by atoms with Gasteiger partial charge in [-0.05, 0) is 72.1 Å². The van der Waals surface area contributed by atoms with Crippen LogP contribution in [0, 0.1) is 17.3 Å². The molecule has 0 amide bonds. The molecule has 1 saturated carbocycles. The second kappa shape index (κ2) is 7.41. The predicted molar refractivity (Wildman–Crippen MR) is 104 cm³/mol. The van der Waals surface area contributed by atoms with Crippen LogP contribution < -0.4 is 10.7 Å². The van der Waals surface area contributed by atoms with E-state index >= 15 is 0 Å². The summed E-state index contributed by atoms with van der Waals surface area (Å²) in [6, 6.07) is 6.69. The third kappa shape index (κ3) is 4.20. The first kappa shape index (κ1) is 18.3. The molecule has 1 aromatic rings. The van der Waals surface area contributed by atoms with E-state index in [9.17, 15) is 8.78 Å². The number of nitrogens with zero attached hydrogens (tertiary/aromatic N) is 1. The molecule has 25 heavy (non-hydrogen) atoms. The van der Waals surface area contributed by atoms with Gasteiger partial charge in [0.25, 0.3) is 5.76 Å². The van der Waals surface area contributed by atoms with Crippen LogP contribution in [0.3, 0.4) is 0 Å². The fraction of sp³-hybridized carbons (Fsp3) is 0.444. The lowest BCUT2D eigenvalue weighted by atomic mass is 9.49. The summed E-state index contributed by atoms with van der Waals surface area (Å²) in [7, 11) is 0. The number of hydrazone groups is 1. The number of anilines is 1. The monoisotopic (exact) mass is 381 g/mol. The van der Waals surface area contributed by atoms with Gasteiger partial charge in [-0.3, -0.25) is 5.43 Å². The second-order valence-corrected chi connectivity index (χ2v) is 8.45. The Morgan fingerprint density at radius 1 is 1.36 bits per heavy atom. The predicted octanol–water partition coefficient (Wildman–Crippen LogP) is 5.27. The molecule has 3 nitrogen and oxygen atoms in total. The van der Waals surface area contributed by atoms with Crippen molar-refractivity contribution < 1.29 is 8.78 Å². The molecule has 0 radical (unpaired) electrons. The highest BCUT2D eigenvalue weighted by Gasteiger charge is 2.50. The Morgan fingerprint density at radius 3 is 2.68 bits per heavy atom. The summed E-state index contributed by atoms with van der Waals surface area (Å²) in [5.74, 6) is -1.03. The van der Waals surface area contributed by atoms with Crippen molar-refractivity contribution >= 4 is 41.0 Å². The Morgan fingerprint density at radius 2 is 2.08 bits per heavy atom. The zero-order valence-electron chi connectivity index (χ0n) is 14.1. The maximum absolute atomic E-state index is 12.3. The standard InChI is InChI=1S/C18H21F2N3S2/c1-18(2)12-4-3-11(15(18)9-12)10-21-23-17(24)22-13-5-7-14(8-6-13)25-16(19)20/h3,5-8,10,12,15-16H,4,9H2,1-2H3,(H2,22,23,24)/b21-10-/t12-,15-/m0/s1. The van der Waals surface area contributed by atoms with Crippen LogP contribution in [0.15, 0.2) is 45.9 Å². The molecule has 7 heteroatoms.